The number of hydrogen-bond donors (Lipinski definition) is 1. The third kappa shape index (κ3) is 3.34. The van der Waals surface area contributed by atoms with Crippen LogP contribution in [0.25, 0.3) is 10.9 Å². The van der Waals surface area contributed by atoms with Crippen molar-refractivity contribution in [2.24, 2.45) is 7.05 Å². The molecule has 3 nitrogen and oxygen atoms in total. The fourth-order valence-electron chi connectivity index (χ4n) is 3.12. The summed E-state index contributed by atoms with van der Waals surface area (Å²) < 4.78 is 2.10. The molecule has 1 heterocycles. The zero-order valence-corrected chi connectivity index (χ0v) is 15.3. The number of aromatic nitrogens is 1. The summed E-state index contributed by atoms with van der Waals surface area (Å²) in [6, 6.07) is 12.5. The maximum atomic E-state index is 12.4. The van der Waals surface area contributed by atoms with Crippen molar-refractivity contribution in [3.63, 3.8) is 0 Å². The molecule has 0 saturated carbocycles. The summed E-state index contributed by atoms with van der Waals surface area (Å²) in [7, 11) is 2.03. The van der Waals surface area contributed by atoms with E-state index in [1.165, 1.54) is 16.5 Å². The predicted octanol–water partition coefficient (Wildman–Crippen LogP) is 4.83. The van der Waals surface area contributed by atoms with Crippen molar-refractivity contribution in [2.45, 2.75) is 25.7 Å². The summed E-state index contributed by atoms with van der Waals surface area (Å²) in [6.45, 7) is 6.14. The Morgan fingerprint density at radius 1 is 1.12 bits per heavy atom. The summed E-state index contributed by atoms with van der Waals surface area (Å²) >= 11 is 1.58. The highest BCUT2D eigenvalue weighted by Gasteiger charge is 2.11. The van der Waals surface area contributed by atoms with Crippen molar-refractivity contribution in [3.05, 3.63) is 59.3 Å². The Balaban J connectivity index is 1.72. The molecule has 3 aromatic rings. The van der Waals surface area contributed by atoms with Gasteiger partial charge in [-0.15, -0.1) is 11.8 Å². The zero-order valence-electron chi connectivity index (χ0n) is 14.5. The van der Waals surface area contributed by atoms with Gasteiger partial charge < -0.3 is 9.88 Å². The van der Waals surface area contributed by atoms with E-state index in [1.54, 1.807) is 11.8 Å². The van der Waals surface area contributed by atoms with Gasteiger partial charge in [-0.3, -0.25) is 4.79 Å². The Labute approximate surface area is 147 Å². The van der Waals surface area contributed by atoms with E-state index >= 15 is 0 Å². The Morgan fingerprint density at radius 3 is 2.50 bits per heavy atom. The van der Waals surface area contributed by atoms with Crippen molar-refractivity contribution in [1.29, 1.82) is 0 Å². The van der Waals surface area contributed by atoms with Crippen LogP contribution in [0.3, 0.4) is 0 Å². The molecule has 0 aliphatic rings. The molecule has 24 heavy (non-hydrogen) atoms. The first-order valence-electron chi connectivity index (χ1n) is 8.00. The summed E-state index contributed by atoms with van der Waals surface area (Å²) in [5.41, 5.74) is 5.55. The number of fused-ring (bicyclic) bond motifs is 1. The third-order valence-corrected chi connectivity index (χ3v) is 5.20. The van der Waals surface area contributed by atoms with Crippen molar-refractivity contribution < 1.29 is 4.79 Å². The average Bonchev–Trinajstić information content (AvgIpc) is 2.86. The maximum Gasteiger partial charge on any atom is 0.234 e. The molecule has 3 rings (SSSR count). The summed E-state index contributed by atoms with van der Waals surface area (Å²) in [5.74, 6) is 0.434. The topological polar surface area (TPSA) is 34.0 Å². The minimum absolute atomic E-state index is 0.0305. The Kier molecular flexibility index (Phi) is 4.67. The van der Waals surface area contributed by atoms with E-state index in [9.17, 15) is 4.79 Å². The number of aryl methyl sites for hydroxylation is 4. The fraction of sp³-hybridized carbons (Fsp3) is 0.250. The van der Waals surface area contributed by atoms with Gasteiger partial charge in [0.15, 0.2) is 0 Å². The molecule has 0 saturated heterocycles. The van der Waals surface area contributed by atoms with Crippen molar-refractivity contribution >= 4 is 34.3 Å². The van der Waals surface area contributed by atoms with E-state index in [2.05, 4.69) is 47.3 Å². The van der Waals surface area contributed by atoms with Crippen LogP contribution in [0, 0.1) is 20.8 Å². The van der Waals surface area contributed by atoms with Gasteiger partial charge in [0.1, 0.15) is 0 Å². The smallest absolute Gasteiger partial charge is 0.234 e. The lowest BCUT2D eigenvalue weighted by Gasteiger charge is -2.12. The van der Waals surface area contributed by atoms with Gasteiger partial charge in [-0.05, 0) is 38.0 Å². The van der Waals surface area contributed by atoms with Crippen LogP contribution >= 0.6 is 11.8 Å². The number of carbonyl (C=O) groups excluding carboxylic acids is 1. The van der Waals surface area contributed by atoms with E-state index in [-0.39, 0.29) is 5.91 Å². The average molecular weight is 338 g/mol. The van der Waals surface area contributed by atoms with Gasteiger partial charge in [0, 0.05) is 34.7 Å². The molecule has 0 radical (unpaired) electrons. The molecule has 0 bridgehead atoms. The Hall–Kier alpha value is -2.20. The number of nitrogens with zero attached hydrogens (tertiary/aromatic N) is 1. The van der Waals surface area contributed by atoms with E-state index in [0.717, 1.165) is 21.7 Å². The van der Waals surface area contributed by atoms with E-state index < -0.39 is 0 Å². The Morgan fingerprint density at radius 2 is 1.79 bits per heavy atom. The number of thioether (sulfide) groups is 1. The zero-order chi connectivity index (χ0) is 17.3. The van der Waals surface area contributed by atoms with Crippen LogP contribution < -0.4 is 5.32 Å². The number of nitrogens with one attached hydrogen (secondary N) is 1. The van der Waals surface area contributed by atoms with Crippen molar-refractivity contribution in [2.75, 3.05) is 11.1 Å². The highest BCUT2D eigenvalue weighted by atomic mass is 32.2. The monoisotopic (exact) mass is 338 g/mol. The molecule has 0 fully saturated rings. The first-order chi connectivity index (χ1) is 11.5. The summed E-state index contributed by atoms with van der Waals surface area (Å²) in [5, 5.41) is 4.26. The van der Waals surface area contributed by atoms with Crippen LogP contribution in [0.1, 0.15) is 16.7 Å². The minimum atomic E-state index is 0.0305. The van der Waals surface area contributed by atoms with Gasteiger partial charge in [0.2, 0.25) is 5.91 Å². The second kappa shape index (κ2) is 6.73. The number of amides is 1. The molecule has 1 N–H and O–H groups in total. The summed E-state index contributed by atoms with van der Waals surface area (Å²) in [4.78, 5) is 13.5. The van der Waals surface area contributed by atoms with Gasteiger partial charge in [-0.1, -0.05) is 35.9 Å². The highest BCUT2D eigenvalue weighted by molar-refractivity contribution is 8.00. The number of anilines is 1. The van der Waals surface area contributed by atoms with Gasteiger partial charge in [0.05, 0.1) is 5.75 Å². The van der Waals surface area contributed by atoms with E-state index in [4.69, 9.17) is 0 Å². The van der Waals surface area contributed by atoms with E-state index in [1.807, 2.05) is 33.0 Å². The third-order valence-electron chi connectivity index (χ3n) is 4.16. The number of para-hydroxylation sites is 1. The molecule has 0 aliphatic carbocycles. The molecule has 124 valence electrons. The molecular weight excluding hydrogens is 316 g/mol. The summed E-state index contributed by atoms with van der Waals surface area (Å²) in [6.07, 6.45) is 2.09. The molecular formula is C20H22N2OS. The number of hydrogen-bond acceptors (Lipinski definition) is 2. The highest BCUT2D eigenvalue weighted by Crippen LogP contribution is 2.29. The molecule has 1 amide bonds. The molecule has 0 unspecified atom stereocenters. The maximum absolute atomic E-state index is 12.4. The normalized spacial score (nSPS) is 11.0. The lowest BCUT2D eigenvalue weighted by Crippen LogP contribution is -2.15. The van der Waals surface area contributed by atoms with Crippen LogP contribution in [-0.2, 0) is 11.8 Å². The van der Waals surface area contributed by atoms with Crippen LogP contribution in [0.5, 0.6) is 0 Å². The van der Waals surface area contributed by atoms with Crippen LogP contribution in [0.2, 0.25) is 0 Å². The van der Waals surface area contributed by atoms with Crippen LogP contribution in [-0.4, -0.2) is 16.2 Å². The van der Waals surface area contributed by atoms with Gasteiger partial charge >= 0.3 is 0 Å². The number of rotatable bonds is 4. The Bertz CT molecular complexity index is 888. The van der Waals surface area contributed by atoms with Gasteiger partial charge in [-0.25, -0.2) is 0 Å². The lowest BCUT2D eigenvalue weighted by molar-refractivity contribution is -0.113. The van der Waals surface area contributed by atoms with Gasteiger partial charge in [0.25, 0.3) is 0 Å². The molecule has 0 atom stereocenters. The quantitative estimate of drug-likeness (QED) is 0.691. The minimum Gasteiger partial charge on any atom is -0.349 e. The number of benzene rings is 2. The van der Waals surface area contributed by atoms with Crippen molar-refractivity contribution in [3.8, 4) is 0 Å². The van der Waals surface area contributed by atoms with Crippen LogP contribution in [0.4, 0.5) is 5.69 Å². The SMILES string of the molecule is Cc1cc(C)c(NC(=O)CSc2cn(C)c3ccccc23)c(C)c1. The van der Waals surface area contributed by atoms with Crippen molar-refractivity contribution in [1.82, 2.24) is 4.57 Å². The predicted molar refractivity (Wildman–Crippen MR) is 103 cm³/mol. The molecule has 0 aliphatic heterocycles. The first-order valence-corrected chi connectivity index (χ1v) is 8.99. The first kappa shape index (κ1) is 16.7. The molecule has 0 spiro atoms. The lowest BCUT2D eigenvalue weighted by atomic mass is 10.1. The molecule has 2 aromatic carbocycles. The standard InChI is InChI=1S/C20H22N2OS/c1-13-9-14(2)20(15(3)10-13)21-19(23)12-24-18-11-22(4)17-8-6-5-7-16(17)18/h5-11H,12H2,1-4H3,(H,21,23). The largest absolute Gasteiger partial charge is 0.349 e. The number of carbonyl (C=O) groups is 1. The second-order valence-corrected chi connectivity index (χ2v) is 7.25. The molecule has 1 aromatic heterocycles. The molecule has 4 heteroatoms. The second-order valence-electron chi connectivity index (χ2n) is 6.23. The fourth-order valence-corrected chi connectivity index (χ4v) is 4.04. The van der Waals surface area contributed by atoms with E-state index in [0.29, 0.717) is 5.75 Å². The van der Waals surface area contributed by atoms with Gasteiger partial charge in [-0.2, -0.15) is 0 Å². The van der Waals surface area contributed by atoms with Crippen LogP contribution in [0.15, 0.2) is 47.5 Å².